The summed E-state index contributed by atoms with van der Waals surface area (Å²) in [4.78, 5) is 0. The molecular formula is C10H11NO2S. The molecular weight excluding hydrogens is 198 g/mol. The van der Waals surface area contributed by atoms with Crippen LogP contribution in [0.25, 0.3) is 10.1 Å². The molecule has 3 nitrogen and oxygen atoms in total. The molecule has 0 atom stereocenters. The molecule has 2 rings (SSSR count). The van der Waals surface area contributed by atoms with Gasteiger partial charge in [-0.15, -0.1) is 11.3 Å². The number of fused-ring (bicyclic) bond motifs is 1. The maximum absolute atomic E-state index is 9.53. The molecule has 4 heteroatoms. The van der Waals surface area contributed by atoms with Crippen LogP contribution in [-0.2, 0) is 0 Å². The minimum Gasteiger partial charge on any atom is -0.506 e. The van der Waals surface area contributed by atoms with Gasteiger partial charge in [-0.2, -0.15) is 0 Å². The molecule has 0 fully saturated rings. The summed E-state index contributed by atoms with van der Waals surface area (Å²) in [7, 11) is 0. The zero-order valence-corrected chi connectivity index (χ0v) is 8.60. The number of ether oxygens (including phenoxy) is 1. The fraction of sp³-hybridized carbons (Fsp3) is 0.200. The third kappa shape index (κ3) is 1.37. The van der Waals surface area contributed by atoms with E-state index in [4.69, 9.17) is 10.5 Å². The molecule has 14 heavy (non-hydrogen) atoms. The highest BCUT2D eigenvalue weighted by Gasteiger charge is 2.07. The van der Waals surface area contributed by atoms with Gasteiger partial charge in [-0.3, -0.25) is 0 Å². The zero-order chi connectivity index (χ0) is 10.1. The number of hydrogen-bond donors (Lipinski definition) is 2. The van der Waals surface area contributed by atoms with Gasteiger partial charge in [0.05, 0.1) is 17.0 Å². The van der Waals surface area contributed by atoms with Gasteiger partial charge in [-0.25, -0.2) is 0 Å². The van der Waals surface area contributed by atoms with E-state index in [0.29, 0.717) is 18.0 Å². The minimum atomic E-state index is 0.262. The lowest BCUT2D eigenvalue weighted by molar-refractivity contribution is 0.341. The Hall–Kier alpha value is -1.42. The van der Waals surface area contributed by atoms with E-state index in [1.807, 2.05) is 6.92 Å². The monoisotopic (exact) mass is 209 g/mol. The molecule has 3 N–H and O–H groups in total. The van der Waals surface area contributed by atoms with Crippen molar-refractivity contribution in [2.75, 3.05) is 12.3 Å². The predicted molar refractivity (Wildman–Crippen MR) is 59.1 cm³/mol. The van der Waals surface area contributed by atoms with Crippen molar-refractivity contribution in [2.45, 2.75) is 6.92 Å². The van der Waals surface area contributed by atoms with Crippen LogP contribution in [0.15, 0.2) is 17.5 Å². The van der Waals surface area contributed by atoms with Gasteiger partial charge in [-0.05, 0) is 13.0 Å². The second-order valence-electron chi connectivity index (χ2n) is 2.94. The number of nitrogens with two attached hydrogens (primary N) is 1. The number of hydrogen-bond acceptors (Lipinski definition) is 4. The quantitative estimate of drug-likeness (QED) is 0.747. The van der Waals surface area contributed by atoms with Gasteiger partial charge < -0.3 is 15.6 Å². The Morgan fingerprint density at radius 3 is 3.00 bits per heavy atom. The molecule has 0 amide bonds. The van der Waals surface area contributed by atoms with Crippen molar-refractivity contribution in [3.8, 4) is 11.5 Å². The molecule has 74 valence electrons. The highest BCUT2D eigenvalue weighted by molar-refractivity contribution is 7.18. The summed E-state index contributed by atoms with van der Waals surface area (Å²) in [6.45, 7) is 2.50. The van der Waals surface area contributed by atoms with E-state index in [1.54, 1.807) is 17.5 Å². The van der Waals surface area contributed by atoms with Gasteiger partial charge in [0.25, 0.3) is 0 Å². The highest BCUT2D eigenvalue weighted by Crippen LogP contribution is 2.37. The number of benzene rings is 1. The summed E-state index contributed by atoms with van der Waals surface area (Å²) in [5.74, 6) is 0.962. The first-order chi connectivity index (χ1) is 6.72. The summed E-state index contributed by atoms with van der Waals surface area (Å²) < 4.78 is 6.24. The SMILES string of the molecule is CCOc1cc(N)c2scc(O)c2c1. The van der Waals surface area contributed by atoms with Crippen molar-refractivity contribution in [3.63, 3.8) is 0 Å². The van der Waals surface area contributed by atoms with Crippen molar-refractivity contribution < 1.29 is 9.84 Å². The maximum Gasteiger partial charge on any atom is 0.134 e. The van der Waals surface area contributed by atoms with Gasteiger partial charge >= 0.3 is 0 Å². The number of anilines is 1. The molecule has 0 saturated heterocycles. The Morgan fingerprint density at radius 2 is 2.29 bits per heavy atom. The second kappa shape index (κ2) is 3.38. The van der Waals surface area contributed by atoms with Crippen LogP contribution in [0, 0.1) is 0 Å². The summed E-state index contributed by atoms with van der Waals surface area (Å²) in [5, 5.41) is 12.0. The smallest absolute Gasteiger partial charge is 0.134 e. The lowest BCUT2D eigenvalue weighted by Crippen LogP contribution is -1.93. The van der Waals surface area contributed by atoms with Gasteiger partial charge in [0, 0.05) is 16.8 Å². The van der Waals surface area contributed by atoms with E-state index in [2.05, 4.69) is 0 Å². The van der Waals surface area contributed by atoms with E-state index in [1.165, 1.54) is 11.3 Å². The number of thiophene rings is 1. The normalized spacial score (nSPS) is 10.6. The fourth-order valence-electron chi connectivity index (χ4n) is 1.37. The molecule has 0 aliphatic rings. The van der Waals surface area contributed by atoms with Gasteiger partial charge in [0.2, 0.25) is 0 Å². The second-order valence-corrected chi connectivity index (χ2v) is 3.82. The van der Waals surface area contributed by atoms with E-state index in [9.17, 15) is 5.11 Å². The molecule has 1 heterocycles. The van der Waals surface area contributed by atoms with Crippen LogP contribution in [0.2, 0.25) is 0 Å². The molecule has 0 spiro atoms. The molecule has 2 aromatic rings. The predicted octanol–water partition coefficient (Wildman–Crippen LogP) is 2.59. The van der Waals surface area contributed by atoms with Crippen LogP contribution in [0.4, 0.5) is 5.69 Å². The molecule has 0 aliphatic heterocycles. The highest BCUT2D eigenvalue weighted by atomic mass is 32.1. The van der Waals surface area contributed by atoms with Crippen LogP contribution in [-0.4, -0.2) is 11.7 Å². The topological polar surface area (TPSA) is 55.5 Å². The van der Waals surface area contributed by atoms with E-state index < -0.39 is 0 Å². The van der Waals surface area contributed by atoms with Crippen molar-refractivity contribution in [1.82, 2.24) is 0 Å². The van der Waals surface area contributed by atoms with E-state index in [0.717, 1.165) is 10.1 Å². The first-order valence-corrected chi connectivity index (χ1v) is 5.23. The molecule has 0 saturated carbocycles. The van der Waals surface area contributed by atoms with Crippen LogP contribution >= 0.6 is 11.3 Å². The van der Waals surface area contributed by atoms with Crippen LogP contribution < -0.4 is 10.5 Å². The maximum atomic E-state index is 9.53. The third-order valence-corrected chi connectivity index (χ3v) is 3.00. The average molecular weight is 209 g/mol. The van der Waals surface area contributed by atoms with Crippen LogP contribution in [0.3, 0.4) is 0 Å². The van der Waals surface area contributed by atoms with Crippen molar-refractivity contribution in [2.24, 2.45) is 0 Å². The van der Waals surface area contributed by atoms with Crippen molar-refractivity contribution in [1.29, 1.82) is 0 Å². The van der Waals surface area contributed by atoms with Gasteiger partial charge in [0.1, 0.15) is 11.5 Å². The Balaban J connectivity index is 2.63. The van der Waals surface area contributed by atoms with E-state index >= 15 is 0 Å². The first-order valence-electron chi connectivity index (χ1n) is 4.35. The van der Waals surface area contributed by atoms with Crippen LogP contribution in [0.1, 0.15) is 6.92 Å². The molecule has 0 bridgehead atoms. The van der Waals surface area contributed by atoms with E-state index in [-0.39, 0.29) is 5.75 Å². The number of nitrogen functional groups attached to an aromatic ring is 1. The average Bonchev–Trinajstić information content (AvgIpc) is 2.49. The summed E-state index contributed by atoms with van der Waals surface area (Å²) in [6, 6.07) is 3.59. The molecule has 1 aromatic carbocycles. The minimum absolute atomic E-state index is 0.262. The Morgan fingerprint density at radius 1 is 1.50 bits per heavy atom. The summed E-state index contributed by atoms with van der Waals surface area (Å²) in [6.07, 6.45) is 0. The first kappa shape index (κ1) is 9.15. The van der Waals surface area contributed by atoms with Crippen LogP contribution in [0.5, 0.6) is 11.5 Å². The summed E-state index contributed by atoms with van der Waals surface area (Å²) in [5.41, 5.74) is 6.47. The van der Waals surface area contributed by atoms with Gasteiger partial charge in [0.15, 0.2) is 0 Å². The fourth-order valence-corrected chi connectivity index (χ4v) is 2.22. The number of aromatic hydroxyl groups is 1. The molecule has 0 radical (unpaired) electrons. The van der Waals surface area contributed by atoms with Gasteiger partial charge in [-0.1, -0.05) is 0 Å². The zero-order valence-electron chi connectivity index (χ0n) is 7.78. The largest absolute Gasteiger partial charge is 0.506 e. The lowest BCUT2D eigenvalue weighted by Gasteiger charge is -2.04. The number of rotatable bonds is 2. The standard InChI is InChI=1S/C10H11NO2S/c1-2-13-6-3-7-9(12)5-14-10(7)8(11)4-6/h3-5,12H,2,11H2,1H3. The van der Waals surface area contributed by atoms with Crippen molar-refractivity contribution in [3.05, 3.63) is 17.5 Å². The Kier molecular flexibility index (Phi) is 2.21. The third-order valence-electron chi connectivity index (χ3n) is 1.97. The van der Waals surface area contributed by atoms with Crippen molar-refractivity contribution >= 4 is 27.1 Å². The summed E-state index contributed by atoms with van der Waals surface area (Å²) >= 11 is 1.44. The molecule has 0 aliphatic carbocycles. The Labute approximate surface area is 85.7 Å². The molecule has 1 aromatic heterocycles. The Bertz CT molecular complexity index is 464. The lowest BCUT2D eigenvalue weighted by atomic mass is 10.2. The molecule has 0 unspecified atom stereocenters.